The van der Waals surface area contributed by atoms with Gasteiger partial charge in [0.2, 0.25) is 5.91 Å². The van der Waals surface area contributed by atoms with E-state index in [9.17, 15) is 4.79 Å². The van der Waals surface area contributed by atoms with Gasteiger partial charge in [0.05, 0.1) is 11.7 Å². The van der Waals surface area contributed by atoms with E-state index < -0.39 is 0 Å². The van der Waals surface area contributed by atoms with Crippen molar-refractivity contribution in [1.82, 2.24) is 29.8 Å². The second kappa shape index (κ2) is 8.06. The molecule has 3 heterocycles. The number of amides is 1. The maximum atomic E-state index is 12.7. The zero-order chi connectivity index (χ0) is 19.5. The van der Waals surface area contributed by atoms with Crippen molar-refractivity contribution in [3.05, 3.63) is 42.7 Å². The molecule has 1 unspecified atom stereocenters. The lowest BCUT2D eigenvalue weighted by molar-refractivity contribution is -0.132. The Morgan fingerprint density at radius 3 is 2.93 bits per heavy atom. The van der Waals surface area contributed by atoms with Crippen molar-refractivity contribution in [3.63, 3.8) is 0 Å². The molecule has 0 saturated carbocycles. The van der Waals surface area contributed by atoms with Crippen LogP contribution in [0.1, 0.15) is 19.3 Å². The number of hydrogen-bond acceptors (Lipinski definition) is 5. The van der Waals surface area contributed by atoms with Crippen molar-refractivity contribution >= 4 is 16.8 Å². The smallest absolute Gasteiger partial charge is 0.244 e. The van der Waals surface area contributed by atoms with Gasteiger partial charge in [-0.15, -0.1) is 5.10 Å². The summed E-state index contributed by atoms with van der Waals surface area (Å²) >= 11 is 0. The summed E-state index contributed by atoms with van der Waals surface area (Å²) in [5.41, 5.74) is 2.58. The van der Waals surface area contributed by atoms with E-state index in [2.05, 4.69) is 40.4 Å². The van der Waals surface area contributed by atoms with Crippen LogP contribution in [0.15, 0.2) is 42.7 Å². The molecule has 1 aliphatic rings. The van der Waals surface area contributed by atoms with Crippen molar-refractivity contribution in [1.29, 1.82) is 0 Å². The first-order valence-corrected chi connectivity index (χ1v) is 9.79. The third kappa shape index (κ3) is 4.04. The highest BCUT2D eigenvalue weighted by Crippen LogP contribution is 2.21. The molecule has 1 fully saturated rings. The van der Waals surface area contributed by atoms with Crippen LogP contribution in [-0.4, -0.2) is 68.9 Å². The van der Waals surface area contributed by atoms with E-state index in [4.69, 9.17) is 0 Å². The Kier molecular flexibility index (Phi) is 5.34. The summed E-state index contributed by atoms with van der Waals surface area (Å²) < 4.78 is 1.63. The molecular formula is C21H26N6O. The van der Waals surface area contributed by atoms with Gasteiger partial charge in [-0.3, -0.25) is 9.78 Å². The summed E-state index contributed by atoms with van der Waals surface area (Å²) in [6.45, 7) is 1.85. The van der Waals surface area contributed by atoms with Crippen LogP contribution in [0, 0.1) is 0 Å². The molecule has 0 spiro atoms. The predicted molar refractivity (Wildman–Crippen MR) is 109 cm³/mol. The maximum Gasteiger partial charge on any atom is 0.244 e. The molecule has 3 aromatic rings. The summed E-state index contributed by atoms with van der Waals surface area (Å²) in [5.74, 6) is 0.104. The molecule has 0 aliphatic carbocycles. The fourth-order valence-corrected chi connectivity index (χ4v) is 3.80. The Morgan fingerprint density at radius 2 is 2.07 bits per heavy atom. The van der Waals surface area contributed by atoms with Crippen LogP contribution in [0.25, 0.3) is 22.2 Å². The van der Waals surface area contributed by atoms with E-state index in [0.29, 0.717) is 6.04 Å². The van der Waals surface area contributed by atoms with E-state index in [1.165, 1.54) is 0 Å². The molecule has 28 heavy (non-hydrogen) atoms. The van der Waals surface area contributed by atoms with Crippen LogP contribution in [0.2, 0.25) is 0 Å². The van der Waals surface area contributed by atoms with E-state index in [1.54, 1.807) is 10.9 Å². The maximum absolute atomic E-state index is 12.7. The van der Waals surface area contributed by atoms with E-state index in [1.807, 2.05) is 35.4 Å². The zero-order valence-electron chi connectivity index (χ0n) is 16.5. The number of nitrogens with zero attached hydrogens (tertiary/aromatic N) is 6. The second-order valence-corrected chi connectivity index (χ2v) is 7.65. The lowest BCUT2D eigenvalue weighted by atomic mass is 10.1. The van der Waals surface area contributed by atoms with E-state index in [-0.39, 0.29) is 12.5 Å². The van der Waals surface area contributed by atoms with E-state index in [0.717, 1.165) is 54.5 Å². The Balaban J connectivity index is 1.43. The van der Waals surface area contributed by atoms with Crippen LogP contribution in [0.5, 0.6) is 0 Å². The molecule has 0 radical (unpaired) electrons. The van der Waals surface area contributed by atoms with Crippen molar-refractivity contribution in [2.45, 2.75) is 31.8 Å². The summed E-state index contributed by atoms with van der Waals surface area (Å²) in [6, 6.07) is 10.6. The molecule has 1 atom stereocenters. The monoisotopic (exact) mass is 378 g/mol. The van der Waals surface area contributed by atoms with Gasteiger partial charge in [-0.25, -0.2) is 4.68 Å². The standard InChI is InChI=1S/C21H26N6O/c1-25(2)18-7-5-10-26(11-9-18)21(28)15-27-14-20(23-24-27)17-12-16-6-3-4-8-19(16)22-13-17/h3-4,6,8,12-14,18H,5,7,9-11,15H2,1-2H3. The highest BCUT2D eigenvalue weighted by atomic mass is 16.2. The molecule has 1 amide bonds. The Labute approximate surface area is 165 Å². The summed E-state index contributed by atoms with van der Waals surface area (Å²) in [5, 5.41) is 9.46. The molecule has 7 nitrogen and oxygen atoms in total. The first-order valence-electron chi connectivity index (χ1n) is 9.79. The summed E-state index contributed by atoms with van der Waals surface area (Å²) in [4.78, 5) is 21.4. The summed E-state index contributed by atoms with van der Waals surface area (Å²) in [6.07, 6.45) is 6.82. The fraction of sp³-hybridized carbons (Fsp3) is 0.429. The molecule has 0 bridgehead atoms. The highest BCUT2D eigenvalue weighted by molar-refractivity contribution is 5.82. The molecular weight excluding hydrogens is 352 g/mol. The number of likely N-dealkylation sites (tertiary alicyclic amines) is 1. The van der Waals surface area contributed by atoms with Gasteiger partial charge in [0.15, 0.2) is 0 Å². The minimum absolute atomic E-state index is 0.104. The van der Waals surface area contributed by atoms with E-state index >= 15 is 0 Å². The van der Waals surface area contributed by atoms with Crippen LogP contribution >= 0.6 is 0 Å². The van der Waals surface area contributed by atoms with Crippen LogP contribution in [0.3, 0.4) is 0 Å². The van der Waals surface area contributed by atoms with Gasteiger partial charge in [0, 0.05) is 36.3 Å². The van der Waals surface area contributed by atoms with Gasteiger partial charge in [-0.2, -0.15) is 0 Å². The van der Waals surface area contributed by atoms with Gasteiger partial charge >= 0.3 is 0 Å². The van der Waals surface area contributed by atoms with Gasteiger partial charge in [0.25, 0.3) is 0 Å². The minimum Gasteiger partial charge on any atom is -0.341 e. The van der Waals surface area contributed by atoms with Crippen molar-refractivity contribution in [2.24, 2.45) is 0 Å². The van der Waals surface area contributed by atoms with Crippen LogP contribution < -0.4 is 0 Å². The number of hydrogen-bond donors (Lipinski definition) is 0. The molecule has 4 rings (SSSR count). The number of rotatable bonds is 4. The van der Waals surface area contributed by atoms with Crippen LogP contribution in [0.4, 0.5) is 0 Å². The lowest BCUT2D eigenvalue weighted by Gasteiger charge is -2.23. The number of carbonyl (C=O) groups excluding carboxylic acids is 1. The zero-order valence-corrected chi connectivity index (χ0v) is 16.5. The summed E-state index contributed by atoms with van der Waals surface area (Å²) in [7, 11) is 4.22. The number of fused-ring (bicyclic) bond motifs is 1. The van der Waals surface area contributed by atoms with Crippen molar-refractivity contribution < 1.29 is 4.79 Å². The van der Waals surface area contributed by atoms with Gasteiger partial charge in [-0.05, 0) is 45.5 Å². The number of aromatic nitrogens is 4. The molecule has 7 heteroatoms. The van der Waals surface area contributed by atoms with Gasteiger partial charge in [0.1, 0.15) is 12.2 Å². The third-order valence-electron chi connectivity index (χ3n) is 5.50. The number of carbonyl (C=O) groups is 1. The number of pyridine rings is 1. The fourth-order valence-electron chi connectivity index (χ4n) is 3.80. The number of para-hydroxylation sites is 1. The predicted octanol–water partition coefficient (Wildman–Crippen LogP) is 2.44. The largest absolute Gasteiger partial charge is 0.341 e. The SMILES string of the molecule is CN(C)C1CCCN(C(=O)Cn2cc(-c3cnc4ccccc4c3)nn2)CC1. The Morgan fingerprint density at radius 1 is 1.21 bits per heavy atom. The average molecular weight is 378 g/mol. The second-order valence-electron chi connectivity index (χ2n) is 7.65. The van der Waals surface area contributed by atoms with Gasteiger partial charge < -0.3 is 9.80 Å². The highest BCUT2D eigenvalue weighted by Gasteiger charge is 2.22. The number of benzene rings is 1. The molecule has 146 valence electrons. The average Bonchev–Trinajstić information content (AvgIpc) is 3.01. The molecule has 0 N–H and O–H groups in total. The van der Waals surface area contributed by atoms with Crippen molar-refractivity contribution in [3.8, 4) is 11.3 Å². The topological polar surface area (TPSA) is 67.2 Å². The van der Waals surface area contributed by atoms with Crippen LogP contribution in [-0.2, 0) is 11.3 Å². The molecule has 1 aromatic carbocycles. The molecule has 1 aliphatic heterocycles. The molecule has 2 aromatic heterocycles. The normalized spacial score (nSPS) is 17.8. The van der Waals surface area contributed by atoms with Gasteiger partial charge in [-0.1, -0.05) is 23.4 Å². The minimum atomic E-state index is 0.104. The third-order valence-corrected chi connectivity index (χ3v) is 5.50. The Hall–Kier alpha value is -2.80. The quantitative estimate of drug-likeness (QED) is 0.698. The lowest BCUT2D eigenvalue weighted by Crippen LogP contribution is -2.36. The first-order chi connectivity index (χ1) is 13.6. The van der Waals surface area contributed by atoms with Crippen molar-refractivity contribution in [2.75, 3.05) is 27.2 Å². The molecule has 1 saturated heterocycles. The Bertz CT molecular complexity index is 966. The first kappa shape index (κ1) is 18.6.